The molecule has 0 aliphatic rings. The van der Waals surface area contributed by atoms with E-state index in [9.17, 15) is 0 Å². The minimum absolute atomic E-state index is 0.752. The van der Waals surface area contributed by atoms with Gasteiger partial charge < -0.3 is 16.8 Å². The lowest BCUT2D eigenvalue weighted by atomic mass is 9.90. The summed E-state index contributed by atoms with van der Waals surface area (Å²) >= 11 is 0. The highest BCUT2D eigenvalue weighted by Gasteiger charge is 2.27. The minimum atomic E-state index is -2.11. The number of nitrogens with zero attached hydrogens (tertiary/aromatic N) is 1. The predicted octanol–water partition coefficient (Wildman–Crippen LogP) is 22.7. The summed E-state index contributed by atoms with van der Waals surface area (Å²) in [5.74, 6) is 0. The van der Waals surface area contributed by atoms with Crippen molar-refractivity contribution in [1.29, 1.82) is 0 Å². The zero-order valence-corrected chi connectivity index (χ0v) is 48.2. The molecule has 14 aromatic rings. The van der Waals surface area contributed by atoms with E-state index < -0.39 is 16.3 Å². The lowest BCUT2D eigenvalue weighted by Crippen LogP contribution is -1.98. The van der Waals surface area contributed by atoms with Gasteiger partial charge in [-0.3, -0.25) is 0 Å². The van der Waals surface area contributed by atoms with Crippen molar-refractivity contribution >= 4 is 103 Å². The first-order chi connectivity index (χ1) is 38.8. The quantitative estimate of drug-likeness (QED) is 0.166. The van der Waals surface area contributed by atoms with Gasteiger partial charge in [0.25, 0.3) is 0 Å². The largest absolute Gasteiger partial charge is 0.407 e. The van der Waals surface area contributed by atoms with Crippen molar-refractivity contribution in [2.75, 3.05) is 11.5 Å². The monoisotopic (exact) mass is 1080 g/mol. The van der Waals surface area contributed by atoms with Gasteiger partial charge in [-0.05, 0) is 145 Å². The second-order valence-corrected chi connectivity index (χ2v) is 25.4. The lowest BCUT2D eigenvalue weighted by Gasteiger charge is -2.13. The van der Waals surface area contributed by atoms with E-state index in [1.54, 1.807) is 0 Å². The van der Waals surface area contributed by atoms with Crippen molar-refractivity contribution < 1.29 is 16.8 Å². The van der Waals surface area contributed by atoms with Crippen LogP contribution in [-0.2, 0) is 0 Å². The number of fused-ring (bicyclic) bond motifs is 14. The van der Waals surface area contributed by atoms with Gasteiger partial charge in [-0.25, -0.2) is 0 Å². The third-order valence-corrected chi connectivity index (χ3v) is 19.0. The third-order valence-electron chi connectivity index (χ3n) is 15.8. The van der Waals surface area contributed by atoms with Gasteiger partial charge in [0.05, 0.1) is 0 Å². The summed E-state index contributed by atoms with van der Waals surface area (Å²) < 4.78 is 33.7. The van der Waals surface area contributed by atoms with E-state index in [0.29, 0.717) is 0 Å². The fraction of sp³-hybridized carbons (Fsp3) is 0.123. The molecule has 80 heavy (non-hydrogen) atoms. The molecule has 0 atom stereocenters. The van der Waals surface area contributed by atoms with Gasteiger partial charge in [0.2, 0.25) is 0 Å². The first-order valence-electron chi connectivity index (χ1n) is 27.4. The van der Waals surface area contributed by atoms with E-state index in [1.165, 1.54) is 44.5 Å². The molecule has 12 aromatic carbocycles. The summed E-state index contributed by atoms with van der Waals surface area (Å²) in [5.41, 5.74) is 20.7. The number of rotatable bonds is 6. The van der Waals surface area contributed by atoms with E-state index in [4.69, 9.17) is 16.8 Å². The molecule has 0 saturated heterocycles. The molecule has 0 saturated carbocycles. The molecule has 2 heterocycles. The molecular formula is C73H59NO4P2. The smallest absolute Gasteiger partial charge is 0.322 e. The summed E-state index contributed by atoms with van der Waals surface area (Å²) in [7, 11) is -2.15. The van der Waals surface area contributed by atoms with Gasteiger partial charge in [0.1, 0.15) is 0 Å². The molecular weight excluding hydrogens is 1020 g/mol. The Bertz CT molecular complexity index is 4330. The van der Waals surface area contributed by atoms with Crippen molar-refractivity contribution in [2.45, 2.75) is 55.4 Å². The molecule has 0 spiro atoms. The van der Waals surface area contributed by atoms with E-state index in [2.05, 4.69) is 261 Å². The van der Waals surface area contributed by atoms with Crippen molar-refractivity contribution in [3.63, 3.8) is 0 Å². The summed E-state index contributed by atoms with van der Waals surface area (Å²) in [5, 5.41) is 12.7. The molecule has 0 amide bonds. The Kier molecular flexibility index (Phi) is 12.0. The predicted molar refractivity (Wildman–Crippen MR) is 342 cm³/mol. The highest BCUT2D eigenvalue weighted by atomic mass is 31.2. The van der Waals surface area contributed by atoms with Gasteiger partial charge in [-0.1, -0.05) is 214 Å². The van der Waals surface area contributed by atoms with Gasteiger partial charge in [-0.2, -0.15) is 0 Å². The SMILES string of the molecule is Cc1cc(C)cc(-c2cc3ccccc3c3c2op(N(C)p2oc4c(-c5cc(C)cc(C)c5)cc5ccccc5c4c4c(o2)c(-c2cc(C)cc(C)c2)cc2ccccc24)oc2c(-c4cc(C)cc(C)c4)cc4ccccc4c23)c1. The fourth-order valence-electron chi connectivity index (χ4n) is 12.7. The number of hydrogen-bond acceptors (Lipinski definition) is 5. The van der Waals surface area contributed by atoms with Crippen LogP contribution in [0.5, 0.6) is 0 Å². The van der Waals surface area contributed by atoms with Crippen LogP contribution in [0.3, 0.4) is 0 Å². The maximum absolute atomic E-state index is 7.89. The lowest BCUT2D eigenvalue weighted by molar-refractivity contribution is 0.622. The van der Waals surface area contributed by atoms with Crippen LogP contribution in [0.1, 0.15) is 44.5 Å². The average molecular weight is 1080 g/mol. The highest BCUT2D eigenvalue weighted by molar-refractivity contribution is 7.58. The zero-order chi connectivity index (χ0) is 54.7. The Hall–Kier alpha value is -8.56. The Labute approximate surface area is 467 Å². The molecule has 0 bridgehead atoms. The minimum Gasteiger partial charge on any atom is -0.407 e. The van der Waals surface area contributed by atoms with Crippen LogP contribution in [0.4, 0.5) is 0 Å². The van der Waals surface area contributed by atoms with Gasteiger partial charge in [-0.15, -0.1) is 4.44 Å². The van der Waals surface area contributed by atoms with Gasteiger partial charge >= 0.3 is 16.3 Å². The highest BCUT2D eigenvalue weighted by Crippen LogP contribution is 2.54. The van der Waals surface area contributed by atoms with Crippen LogP contribution in [-0.4, -0.2) is 7.05 Å². The fourth-order valence-corrected chi connectivity index (χ4v) is 15.6. The molecule has 5 nitrogen and oxygen atoms in total. The normalized spacial score (nSPS) is 11.9. The van der Waals surface area contributed by atoms with Crippen LogP contribution in [0.2, 0.25) is 0 Å². The molecule has 0 radical (unpaired) electrons. The van der Waals surface area contributed by atoms with Crippen molar-refractivity contribution in [3.8, 4) is 44.5 Å². The molecule has 0 N–H and O–H groups in total. The Morgan fingerprint density at radius 3 is 0.675 bits per heavy atom. The van der Waals surface area contributed by atoms with E-state index in [-0.39, 0.29) is 0 Å². The van der Waals surface area contributed by atoms with Crippen LogP contribution in [0, 0.1) is 55.4 Å². The average Bonchev–Trinajstić information content (AvgIpc) is 3.39. The number of benzene rings is 12. The van der Waals surface area contributed by atoms with Crippen molar-refractivity contribution in [1.82, 2.24) is 0 Å². The Morgan fingerprint density at radius 1 is 0.263 bits per heavy atom. The Balaban J connectivity index is 1.22. The molecule has 7 heteroatoms. The number of aryl methyl sites for hydroxylation is 8. The summed E-state index contributed by atoms with van der Waals surface area (Å²) in [6, 6.07) is 71.2. The van der Waals surface area contributed by atoms with Crippen LogP contribution < -0.4 is 4.44 Å². The van der Waals surface area contributed by atoms with Crippen molar-refractivity contribution in [2.24, 2.45) is 0 Å². The molecule has 0 aliphatic carbocycles. The van der Waals surface area contributed by atoms with Crippen LogP contribution in [0.15, 0.2) is 211 Å². The molecule has 14 rings (SSSR count). The first kappa shape index (κ1) is 49.7. The van der Waals surface area contributed by atoms with E-state index >= 15 is 0 Å². The topological polar surface area (TPSA) is 55.8 Å². The molecule has 390 valence electrons. The van der Waals surface area contributed by atoms with E-state index in [1.807, 2.05) is 0 Å². The number of hydrogen-bond donors (Lipinski definition) is 0. The zero-order valence-electron chi connectivity index (χ0n) is 46.4. The molecule has 0 aliphatic heterocycles. The van der Waals surface area contributed by atoms with Crippen LogP contribution in [0.25, 0.3) is 131 Å². The van der Waals surface area contributed by atoms with E-state index in [0.717, 1.165) is 131 Å². The second kappa shape index (κ2) is 19.4. The summed E-state index contributed by atoms with van der Waals surface area (Å²) in [4.78, 5) is 0. The second-order valence-electron chi connectivity index (χ2n) is 22.2. The van der Waals surface area contributed by atoms with Gasteiger partial charge in [0.15, 0.2) is 22.3 Å². The third kappa shape index (κ3) is 8.52. The van der Waals surface area contributed by atoms with Crippen LogP contribution >= 0.6 is 16.3 Å². The molecule has 2 aromatic heterocycles. The molecule has 0 fully saturated rings. The Morgan fingerprint density at radius 2 is 0.463 bits per heavy atom. The summed E-state index contributed by atoms with van der Waals surface area (Å²) in [6.45, 7) is 17.4. The summed E-state index contributed by atoms with van der Waals surface area (Å²) in [6.07, 6.45) is 0. The van der Waals surface area contributed by atoms with Crippen molar-refractivity contribution in [3.05, 3.63) is 239 Å². The standard InChI is InChI=1S/C73H59NO4P2/c1-42-26-43(2)31-54(30-42)62-38-50-18-10-14-22-58(50)66-67-59-23-15-11-19-51(59)39-63(55-32-44(3)27-45(4)33-55)71(67)76-79(75-70(62)66)74(9)80-77-72-64(56-34-46(5)28-47(6)35-56)40-52-20-12-16-24-60(52)68(72)69-61-25-17-13-21-53(61)41-65(73(69)78-80)57-36-48(7)29-49(8)37-57/h10-41H,1-9H3. The first-order valence-corrected chi connectivity index (χ1v) is 29.7. The maximum atomic E-state index is 7.89. The maximum Gasteiger partial charge on any atom is 0.322 e. The van der Waals surface area contributed by atoms with Gasteiger partial charge in [0, 0.05) is 50.8 Å². The molecule has 0 unspecified atom stereocenters.